The standard InChI is InChI=1S/C35H58/c1-3-5-7-9-29-14-22-33(23-15-29)35-26-18-31(19-27-35)11-10-30-16-24-34(25-17-30)32-20-12-28(13-21-32)8-6-4-2/h18-19,26-30,32-34H,3-17,20-25H2,1-2H3/t28-,29-,30-,32-,33-,34-. The van der Waals surface area contributed by atoms with Crippen molar-refractivity contribution in [1.82, 2.24) is 0 Å². The van der Waals surface area contributed by atoms with E-state index in [9.17, 15) is 0 Å². The maximum atomic E-state index is 2.49. The molecular weight excluding hydrogens is 420 g/mol. The van der Waals surface area contributed by atoms with Crippen molar-refractivity contribution in [1.29, 1.82) is 0 Å². The topological polar surface area (TPSA) is 0 Å². The zero-order valence-corrected chi connectivity index (χ0v) is 23.6. The molecule has 4 rings (SSSR count). The average Bonchev–Trinajstić information content (AvgIpc) is 2.92. The summed E-state index contributed by atoms with van der Waals surface area (Å²) in [5.41, 5.74) is 3.22. The molecule has 0 aliphatic heterocycles. The molecule has 0 spiro atoms. The fourth-order valence-corrected chi connectivity index (χ4v) is 8.18. The first-order chi connectivity index (χ1) is 17.2. The van der Waals surface area contributed by atoms with Crippen molar-refractivity contribution >= 4 is 0 Å². The van der Waals surface area contributed by atoms with Gasteiger partial charge in [-0.2, -0.15) is 0 Å². The molecule has 198 valence electrons. The van der Waals surface area contributed by atoms with E-state index in [-0.39, 0.29) is 0 Å². The van der Waals surface area contributed by atoms with E-state index in [0.717, 1.165) is 35.5 Å². The summed E-state index contributed by atoms with van der Waals surface area (Å²) < 4.78 is 0. The van der Waals surface area contributed by atoms with Gasteiger partial charge in [-0.25, -0.2) is 0 Å². The van der Waals surface area contributed by atoms with E-state index in [1.165, 1.54) is 109 Å². The summed E-state index contributed by atoms with van der Waals surface area (Å²) in [7, 11) is 0. The number of rotatable bonds is 12. The molecule has 0 unspecified atom stereocenters. The van der Waals surface area contributed by atoms with Crippen molar-refractivity contribution < 1.29 is 0 Å². The number of hydrogen-bond donors (Lipinski definition) is 0. The maximum Gasteiger partial charge on any atom is -0.0162 e. The first-order valence-electron chi connectivity index (χ1n) is 16.3. The van der Waals surface area contributed by atoms with Crippen molar-refractivity contribution in [2.75, 3.05) is 0 Å². The predicted octanol–water partition coefficient (Wildman–Crippen LogP) is 11.3. The van der Waals surface area contributed by atoms with Crippen molar-refractivity contribution in [2.24, 2.45) is 29.6 Å². The zero-order chi connectivity index (χ0) is 24.3. The molecule has 1 aromatic rings. The van der Waals surface area contributed by atoms with E-state index in [0.29, 0.717) is 0 Å². The van der Waals surface area contributed by atoms with Crippen LogP contribution < -0.4 is 0 Å². The molecule has 35 heavy (non-hydrogen) atoms. The molecule has 0 heteroatoms. The molecule has 0 saturated heterocycles. The second-order valence-electron chi connectivity index (χ2n) is 13.2. The predicted molar refractivity (Wildman–Crippen MR) is 154 cm³/mol. The number of benzene rings is 1. The van der Waals surface area contributed by atoms with Crippen molar-refractivity contribution in [3.8, 4) is 0 Å². The van der Waals surface area contributed by atoms with Crippen LogP contribution in [0.15, 0.2) is 24.3 Å². The van der Waals surface area contributed by atoms with Gasteiger partial charge in [0.05, 0.1) is 0 Å². The summed E-state index contributed by atoms with van der Waals surface area (Å²) in [6.07, 6.45) is 30.9. The van der Waals surface area contributed by atoms with E-state index in [1.54, 1.807) is 36.8 Å². The Morgan fingerprint density at radius 1 is 0.514 bits per heavy atom. The third-order valence-electron chi connectivity index (χ3n) is 10.8. The lowest BCUT2D eigenvalue weighted by molar-refractivity contribution is 0.140. The fourth-order valence-electron chi connectivity index (χ4n) is 8.18. The van der Waals surface area contributed by atoms with Crippen LogP contribution in [0.25, 0.3) is 0 Å². The molecule has 3 aliphatic carbocycles. The molecular formula is C35H58. The first kappa shape index (κ1) is 27.3. The van der Waals surface area contributed by atoms with Gasteiger partial charge in [0.2, 0.25) is 0 Å². The number of unbranched alkanes of at least 4 members (excludes halogenated alkanes) is 3. The van der Waals surface area contributed by atoms with E-state index in [1.807, 2.05) is 0 Å². The minimum atomic E-state index is 0.837. The van der Waals surface area contributed by atoms with Gasteiger partial charge in [0.15, 0.2) is 0 Å². The lowest BCUT2D eigenvalue weighted by Gasteiger charge is -2.38. The monoisotopic (exact) mass is 478 g/mol. The molecule has 0 aromatic heterocycles. The molecule has 1 aromatic carbocycles. The van der Waals surface area contributed by atoms with Crippen LogP contribution in [-0.4, -0.2) is 0 Å². The second-order valence-corrected chi connectivity index (χ2v) is 13.2. The van der Waals surface area contributed by atoms with Crippen LogP contribution in [0.2, 0.25) is 0 Å². The molecule has 0 bridgehead atoms. The quantitative estimate of drug-likeness (QED) is 0.262. The molecule has 3 saturated carbocycles. The Bertz CT molecular complexity index is 662. The molecule has 0 amide bonds. The molecule has 0 atom stereocenters. The van der Waals surface area contributed by atoms with Crippen LogP contribution in [-0.2, 0) is 6.42 Å². The first-order valence-corrected chi connectivity index (χ1v) is 16.3. The van der Waals surface area contributed by atoms with Gasteiger partial charge in [-0.3, -0.25) is 0 Å². The summed E-state index contributed by atoms with van der Waals surface area (Å²) in [6, 6.07) is 9.94. The third-order valence-corrected chi connectivity index (χ3v) is 10.8. The summed E-state index contributed by atoms with van der Waals surface area (Å²) >= 11 is 0. The van der Waals surface area contributed by atoms with Crippen LogP contribution >= 0.6 is 0 Å². The van der Waals surface area contributed by atoms with E-state index in [2.05, 4.69) is 38.1 Å². The SMILES string of the molecule is CCCCC[C@H]1CC[C@H](c2ccc(CC[C@H]3CC[C@H]([C@H]4CC[C@H](CCCC)CC4)CC3)cc2)CC1. The highest BCUT2D eigenvalue weighted by atomic mass is 14.4. The van der Waals surface area contributed by atoms with Gasteiger partial charge in [-0.15, -0.1) is 0 Å². The zero-order valence-electron chi connectivity index (χ0n) is 23.6. The fraction of sp³-hybridized carbons (Fsp3) is 0.829. The summed E-state index contributed by atoms with van der Waals surface area (Å²) in [5, 5.41) is 0. The lowest BCUT2D eigenvalue weighted by atomic mass is 9.68. The lowest BCUT2D eigenvalue weighted by Crippen LogP contribution is -2.26. The Labute approximate surface area is 219 Å². The Hall–Kier alpha value is -0.780. The summed E-state index contributed by atoms with van der Waals surface area (Å²) in [6.45, 7) is 4.67. The van der Waals surface area contributed by atoms with E-state index in [4.69, 9.17) is 0 Å². The molecule has 0 radical (unpaired) electrons. The van der Waals surface area contributed by atoms with Gasteiger partial charge in [0.25, 0.3) is 0 Å². The smallest absolute Gasteiger partial charge is 0.0162 e. The Kier molecular flexibility index (Phi) is 11.6. The van der Waals surface area contributed by atoms with E-state index >= 15 is 0 Å². The number of aryl methyl sites for hydroxylation is 1. The Morgan fingerprint density at radius 3 is 1.54 bits per heavy atom. The maximum absolute atomic E-state index is 2.49. The summed E-state index contributed by atoms with van der Waals surface area (Å²) in [5.74, 6) is 6.07. The van der Waals surface area contributed by atoms with Gasteiger partial charge in [0.1, 0.15) is 0 Å². The van der Waals surface area contributed by atoms with Gasteiger partial charge >= 0.3 is 0 Å². The Morgan fingerprint density at radius 2 is 1.00 bits per heavy atom. The van der Waals surface area contributed by atoms with Crippen LogP contribution in [0.1, 0.15) is 159 Å². The minimum absolute atomic E-state index is 0.837. The van der Waals surface area contributed by atoms with Gasteiger partial charge in [0, 0.05) is 0 Å². The van der Waals surface area contributed by atoms with Crippen LogP contribution in [0.4, 0.5) is 0 Å². The number of hydrogen-bond acceptors (Lipinski definition) is 0. The van der Waals surface area contributed by atoms with Crippen molar-refractivity contribution in [2.45, 2.75) is 155 Å². The highest BCUT2D eigenvalue weighted by molar-refractivity contribution is 5.26. The highest BCUT2D eigenvalue weighted by Crippen LogP contribution is 2.43. The van der Waals surface area contributed by atoms with Crippen LogP contribution in [0.5, 0.6) is 0 Å². The molecule has 0 nitrogen and oxygen atoms in total. The minimum Gasteiger partial charge on any atom is -0.0654 e. The van der Waals surface area contributed by atoms with E-state index < -0.39 is 0 Å². The van der Waals surface area contributed by atoms with Crippen LogP contribution in [0, 0.1) is 29.6 Å². The highest BCUT2D eigenvalue weighted by Gasteiger charge is 2.30. The average molecular weight is 479 g/mol. The largest absolute Gasteiger partial charge is 0.0654 e. The summed E-state index contributed by atoms with van der Waals surface area (Å²) in [4.78, 5) is 0. The van der Waals surface area contributed by atoms with Crippen molar-refractivity contribution in [3.05, 3.63) is 35.4 Å². The van der Waals surface area contributed by atoms with Crippen molar-refractivity contribution in [3.63, 3.8) is 0 Å². The van der Waals surface area contributed by atoms with Crippen LogP contribution in [0.3, 0.4) is 0 Å². The normalized spacial score (nSPS) is 31.9. The second kappa shape index (κ2) is 14.8. The molecule has 0 heterocycles. The van der Waals surface area contributed by atoms with Gasteiger partial charge in [-0.05, 0) is 111 Å². The molecule has 3 aliphatic rings. The Balaban J connectivity index is 1.11. The third kappa shape index (κ3) is 8.64. The molecule has 0 N–H and O–H groups in total. The van der Waals surface area contributed by atoms with Gasteiger partial charge < -0.3 is 0 Å². The van der Waals surface area contributed by atoms with Gasteiger partial charge in [-0.1, -0.05) is 109 Å². The molecule has 3 fully saturated rings.